The average Bonchev–Trinajstić information content (AvgIpc) is 2.84. The zero-order chi connectivity index (χ0) is 13.2. The van der Waals surface area contributed by atoms with E-state index in [9.17, 15) is 0 Å². The molecule has 0 fully saturated rings. The normalized spacial score (nSPS) is 10.8. The summed E-state index contributed by atoms with van der Waals surface area (Å²) in [7, 11) is 0. The SMILES string of the molecule is Clc1nnc(NCc2sccc2Br)c2ccccc12. The molecule has 0 atom stereocenters. The first-order valence-electron chi connectivity index (χ1n) is 5.62. The second kappa shape index (κ2) is 5.45. The van der Waals surface area contributed by atoms with Gasteiger partial charge in [0.05, 0.1) is 6.54 Å². The number of fused-ring (bicyclic) bond motifs is 1. The smallest absolute Gasteiger partial charge is 0.159 e. The van der Waals surface area contributed by atoms with Crippen molar-refractivity contribution in [3.8, 4) is 0 Å². The van der Waals surface area contributed by atoms with Gasteiger partial charge in [-0.3, -0.25) is 0 Å². The van der Waals surface area contributed by atoms with Crippen LogP contribution in [0.25, 0.3) is 10.8 Å². The number of benzene rings is 1. The van der Waals surface area contributed by atoms with Gasteiger partial charge in [-0.2, -0.15) is 0 Å². The van der Waals surface area contributed by atoms with Crippen molar-refractivity contribution in [1.29, 1.82) is 0 Å². The van der Waals surface area contributed by atoms with Crippen molar-refractivity contribution in [2.75, 3.05) is 5.32 Å². The Morgan fingerprint density at radius 3 is 2.68 bits per heavy atom. The number of rotatable bonds is 3. The number of nitrogens with one attached hydrogen (secondary N) is 1. The van der Waals surface area contributed by atoms with Gasteiger partial charge >= 0.3 is 0 Å². The lowest BCUT2D eigenvalue weighted by molar-refractivity contribution is 1.02. The maximum Gasteiger partial charge on any atom is 0.159 e. The number of anilines is 1. The van der Waals surface area contributed by atoms with Crippen molar-refractivity contribution in [3.05, 3.63) is 50.2 Å². The molecule has 0 amide bonds. The molecule has 0 unspecified atom stereocenters. The van der Waals surface area contributed by atoms with E-state index in [-0.39, 0.29) is 0 Å². The van der Waals surface area contributed by atoms with E-state index >= 15 is 0 Å². The highest BCUT2D eigenvalue weighted by atomic mass is 79.9. The number of hydrogen-bond acceptors (Lipinski definition) is 4. The molecule has 2 heterocycles. The Bertz CT molecular complexity index is 729. The van der Waals surface area contributed by atoms with E-state index in [1.165, 1.54) is 4.88 Å². The molecule has 2 aromatic heterocycles. The zero-order valence-corrected chi connectivity index (χ0v) is 12.9. The molecular formula is C13H9BrClN3S. The molecule has 0 spiro atoms. The molecule has 19 heavy (non-hydrogen) atoms. The minimum absolute atomic E-state index is 0.429. The maximum atomic E-state index is 6.05. The summed E-state index contributed by atoms with van der Waals surface area (Å²) in [5, 5.41) is 15.8. The third kappa shape index (κ3) is 2.59. The Morgan fingerprint density at radius 1 is 1.16 bits per heavy atom. The standard InChI is InChI=1S/C13H9BrClN3S/c14-10-5-6-19-11(10)7-16-13-9-4-2-1-3-8(9)12(15)17-18-13/h1-6H,7H2,(H,16,18). The molecule has 3 rings (SSSR count). The van der Waals surface area contributed by atoms with Crippen LogP contribution in [-0.4, -0.2) is 10.2 Å². The minimum atomic E-state index is 0.429. The summed E-state index contributed by atoms with van der Waals surface area (Å²) in [6.07, 6.45) is 0. The summed E-state index contributed by atoms with van der Waals surface area (Å²) in [5.74, 6) is 0.750. The van der Waals surface area contributed by atoms with Crippen molar-refractivity contribution >= 4 is 55.5 Å². The van der Waals surface area contributed by atoms with Crippen molar-refractivity contribution in [2.24, 2.45) is 0 Å². The lowest BCUT2D eigenvalue weighted by Crippen LogP contribution is -2.02. The quantitative estimate of drug-likeness (QED) is 0.739. The van der Waals surface area contributed by atoms with Gasteiger partial charge in [0, 0.05) is 20.1 Å². The third-order valence-corrected chi connectivity index (χ3v) is 4.96. The molecule has 0 aliphatic carbocycles. The fourth-order valence-corrected chi connectivity index (χ4v) is 3.45. The molecule has 96 valence electrons. The molecule has 3 nitrogen and oxygen atoms in total. The highest BCUT2D eigenvalue weighted by Gasteiger charge is 2.08. The van der Waals surface area contributed by atoms with Crippen molar-refractivity contribution in [1.82, 2.24) is 10.2 Å². The van der Waals surface area contributed by atoms with Crippen LogP contribution in [0.5, 0.6) is 0 Å². The summed E-state index contributed by atoms with van der Waals surface area (Å²) in [6, 6.07) is 9.87. The first-order chi connectivity index (χ1) is 9.25. The number of hydrogen-bond donors (Lipinski definition) is 1. The molecule has 0 radical (unpaired) electrons. The lowest BCUT2D eigenvalue weighted by atomic mass is 10.2. The Kier molecular flexibility index (Phi) is 3.68. The molecule has 1 aromatic carbocycles. The molecule has 0 aliphatic rings. The van der Waals surface area contributed by atoms with Crippen LogP contribution in [0, 0.1) is 0 Å². The van der Waals surface area contributed by atoms with Crippen LogP contribution in [0.1, 0.15) is 4.88 Å². The van der Waals surface area contributed by atoms with E-state index < -0.39 is 0 Å². The fourth-order valence-electron chi connectivity index (χ4n) is 1.82. The largest absolute Gasteiger partial charge is 0.363 e. The van der Waals surface area contributed by atoms with E-state index in [2.05, 4.69) is 31.4 Å². The van der Waals surface area contributed by atoms with Gasteiger partial charge in [-0.05, 0) is 27.4 Å². The summed E-state index contributed by atoms with van der Waals surface area (Å²) < 4.78 is 1.11. The Balaban J connectivity index is 1.93. The van der Waals surface area contributed by atoms with E-state index in [0.29, 0.717) is 11.7 Å². The monoisotopic (exact) mass is 353 g/mol. The summed E-state index contributed by atoms with van der Waals surface area (Å²) in [5.41, 5.74) is 0. The summed E-state index contributed by atoms with van der Waals surface area (Å²) in [4.78, 5) is 1.22. The first-order valence-corrected chi connectivity index (χ1v) is 7.67. The van der Waals surface area contributed by atoms with Gasteiger partial charge in [0.25, 0.3) is 0 Å². The number of nitrogens with zero attached hydrogens (tertiary/aromatic N) is 2. The van der Waals surface area contributed by atoms with Crippen LogP contribution in [0.3, 0.4) is 0 Å². The lowest BCUT2D eigenvalue weighted by Gasteiger charge is -2.08. The van der Waals surface area contributed by atoms with Gasteiger partial charge in [-0.1, -0.05) is 35.9 Å². The molecule has 3 aromatic rings. The molecule has 0 bridgehead atoms. The van der Waals surface area contributed by atoms with Crippen molar-refractivity contribution in [3.63, 3.8) is 0 Å². The van der Waals surface area contributed by atoms with Crippen LogP contribution < -0.4 is 5.32 Å². The van der Waals surface area contributed by atoms with E-state index in [0.717, 1.165) is 21.1 Å². The van der Waals surface area contributed by atoms with E-state index in [1.807, 2.05) is 35.7 Å². The highest BCUT2D eigenvalue weighted by Crippen LogP contribution is 2.27. The van der Waals surface area contributed by atoms with Gasteiger partial charge in [0.15, 0.2) is 11.0 Å². The van der Waals surface area contributed by atoms with Gasteiger partial charge in [-0.15, -0.1) is 21.5 Å². The molecule has 0 saturated heterocycles. The molecule has 1 N–H and O–H groups in total. The second-order valence-electron chi connectivity index (χ2n) is 3.93. The van der Waals surface area contributed by atoms with Crippen LogP contribution >= 0.6 is 38.9 Å². The van der Waals surface area contributed by atoms with Crippen LogP contribution in [0.2, 0.25) is 5.15 Å². The Labute approximate surface area is 127 Å². The summed E-state index contributed by atoms with van der Waals surface area (Å²) in [6.45, 7) is 0.707. The van der Waals surface area contributed by atoms with Gasteiger partial charge in [0.1, 0.15) is 0 Å². The second-order valence-corrected chi connectivity index (χ2v) is 6.14. The van der Waals surface area contributed by atoms with Crippen LogP contribution in [-0.2, 0) is 6.54 Å². The first kappa shape index (κ1) is 12.8. The predicted octanol–water partition coefficient (Wildman–Crippen LogP) is 4.72. The van der Waals surface area contributed by atoms with Gasteiger partial charge in [-0.25, -0.2) is 0 Å². The maximum absolute atomic E-state index is 6.05. The predicted molar refractivity (Wildman–Crippen MR) is 83.9 cm³/mol. The van der Waals surface area contributed by atoms with Crippen molar-refractivity contribution in [2.45, 2.75) is 6.54 Å². The Hall–Kier alpha value is -1.17. The third-order valence-electron chi connectivity index (χ3n) is 2.75. The average molecular weight is 355 g/mol. The van der Waals surface area contributed by atoms with Gasteiger partial charge < -0.3 is 5.32 Å². The number of aromatic nitrogens is 2. The topological polar surface area (TPSA) is 37.8 Å². The molecule has 0 saturated carbocycles. The Morgan fingerprint density at radius 2 is 1.95 bits per heavy atom. The fraction of sp³-hybridized carbons (Fsp3) is 0.0769. The molecular weight excluding hydrogens is 346 g/mol. The minimum Gasteiger partial charge on any atom is -0.363 e. The summed E-state index contributed by atoms with van der Waals surface area (Å²) >= 11 is 11.3. The molecule has 0 aliphatic heterocycles. The van der Waals surface area contributed by atoms with Crippen LogP contribution in [0.15, 0.2) is 40.2 Å². The van der Waals surface area contributed by atoms with E-state index in [4.69, 9.17) is 11.6 Å². The van der Waals surface area contributed by atoms with Gasteiger partial charge in [0.2, 0.25) is 0 Å². The highest BCUT2D eigenvalue weighted by molar-refractivity contribution is 9.10. The van der Waals surface area contributed by atoms with E-state index in [1.54, 1.807) is 11.3 Å². The van der Waals surface area contributed by atoms with Crippen molar-refractivity contribution < 1.29 is 0 Å². The van der Waals surface area contributed by atoms with Crippen LogP contribution in [0.4, 0.5) is 5.82 Å². The zero-order valence-electron chi connectivity index (χ0n) is 9.73. The number of halogens is 2. The number of thiophene rings is 1. The molecule has 6 heteroatoms.